The van der Waals surface area contributed by atoms with E-state index in [1.54, 1.807) is 12.1 Å². The van der Waals surface area contributed by atoms with E-state index in [4.69, 9.17) is 0 Å². The van der Waals surface area contributed by atoms with Crippen molar-refractivity contribution in [3.05, 3.63) is 29.8 Å². The summed E-state index contributed by atoms with van der Waals surface area (Å²) in [5.41, 5.74) is 1.28. The molecule has 3 heteroatoms. The lowest BCUT2D eigenvalue weighted by Gasteiger charge is -2.22. The lowest BCUT2D eigenvalue weighted by Crippen LogP contribution is -2.34. The second-order valence-electron chi connectivity index (χ2n) is 4.81. The Hall–Kier alpha value is -1.06. The maximum atomic E-state index is 9.18. The van der Waals surface area contributed by atoms with Crippen LogP contribution in [0.3, 0.4) is 0 Å². The molecule has 3 N–H and O–H groups in total. The highest BCUT2D eigenvalue weighted by Crippen LogP contribution is 2.11. The molecule has 94 valence electrons. The molecular weight excluding hydrogens is 212 g/mol. The van der Waals surface area contributed by atoms with Crippen LogP contribution in [0.2, 0.25) is 0 Å². The van der Waals surface area contributed by atoms with Crippen LogP contribution >= 0.6 is 0 Å². The summed E-state index contributed by atoms with van der Waals surface area (Å²) in [6, 6.07) is 7.48. The molecule has 1 aliphatic rings. The Morgan fingerprint density at radius 1 is 1.18 bits per heavy atom. The Kier molecular flexibility index (Phi) is 4.83. The molecule has 1 heterocycles. The van der Waals surface area contributed by atoms with E-state index in [9.17, 15) is 5.11 Å². The number of hydrogen-bond donors (Lipinski definition) is 3. The lowest BCUT2D eigenvalue weighted by molar-refractivity contribution is 0.358. The maximum Gasteiger partial charge on any atom is 0.115 e. The van der Waals surface area contributed by atoms with Crippen molar-refractivity contribution in [3.63, 3.8) is 0 Å². The van der Waals surface area contributed by atoms with E-state index in [1.807, 2.05) is 12.1 Å². The predicted molar refractivity (Wildman–Crippen MR) is 70.3 cm³/mol. The SMILES string of the molecule is Oc1ccc(CCNCC2CCNCC2)cc1. The van der Waals surface area contributed by atoms with Crippen molar-refractivity contribution >= 4 is 0 Å². The highest BCUT2D eigenvalue weighted by atomic mass is 16.3. The Morgan fingerprint density at radius 2 is 1.88 bits per heavy atom. The van der Waals surface area contributed by atoms with Crippen molar-refractivity contribution in [1.29, 1.82) is 0 Å². The molecule has 2 rings (SSSR count). The van der Waals surface area contributed by atoms with Crippen LogP contribution in [0.5, 0.6) is 5.75 Å². The molecule has 1 aromatic rings. The van der Waals surface area contributed by atoms with E-state index in [1.165, 1.54) is 31.5 Å². The number of piperidine rings is 1. The summed E-state index contributed by atoms with van der Waals surface area (Å²) in [7, 11) is 0. The third-order valence-electron chi connectivity index (χ3n) is 3.42. The van der Waals surface area contributed by atoms with Crippen molar-refractivity contribution in [2.45, 2.75) is 19.3 Å². The van der Waals surface area contributed by atoms with Gasteiger partial charge in [0.25, 0.3) is 0 Å². The van der Waals surface area contributed by atoms with Crippen molar-refractivity contribution in [2.24, 2.45) is 5.92 Å². The van der Waals surface area contributed by atoms with Gasteiger partial charge in [-0.05, 0) is 69.1 Å². The minimum absolute atomic E-state index is 0.344. The highest BCUT2D eigenvalue weighted by molar-refractivity contribution is 5.25. The first-order chi connectivity index (χ1) is 8.34. The van der Waals surface area contributed by atoms with Crippen molar-refractivity contribution in [3.8, 4) is 5.75 Å². The molecule has 0 aliphatic carbocycles. The summed E-state index contributed by atoms with van der Waals surface area (Å²) in [6.07, 6.45) is 3.63. The largest absolute Gasteiger partial charge is 0.508 e. The first kappa shape index (κ1) is 12.4. The van der Waals surface area contributed by atoms with Gasteiger partial charge in [0.1, 0.15) is 5.75 Å². The number of nitrogens with one attached hydrogen (secondary N) is 2. The summed E-state index contributed by atoms with van der Waals surface area (Å²) in [5.74, 6) is 1.19. The normalized spacial score (nSPS) is 17.2. The number of phenolic OH excluding ortho intramolecular Hbond substituents is 1. The highest BCUT2D eigenvalue weighted by Gasteiger charge is 2.11. The molecule has 1 saturated heterocycles. The van der Waals surface area contributed by atoms with E-state index < -0.39 is 0 Å². The van der Waals surface area contributed by atoms with Crippen LogP contribution in [0.15, 0.2) is 24.3 Å². The molecule has 3 nitrogen and oxygen atoms in total. The minimum atomic E-state index is 0.344. The summed E-state index contributed by atoms with van der Waals surface area (Å²) < 4.78 is 0. The predicted octanol–water partition coefficient (Wildman–Crippen LogP) is 1.52. The topological polar surface area (TPSA) is 44.3 Å². The molecule has 1 aliphatic heterocycles. The molecule has 17 heavy (non-hydrogen) atoms. The van der Waals surface area contributed by atoms with Gasteiger partial charge in [0.2, 0.25) is 0 Å². The molecule has 0 spiro atoms. The second kappa shape index (κ2) is 6.62. The van der Waals surface area contributed by atoms with Crippen LogP contribution in [0, 0.1) is 5.92 Å². The Balaban J connectivity index is 1.60. The van der Waals surface area contributed by atoms with E-state index in [2.05, 4.69) is 10.6 Å². The summed E-state index contributed by atoms with van der Waals surface area (Å²) in [6.45, 7) is 4.50. The number of aromatic hydroxyl groups is 1. The number of phenols is 1. The van der Waals surface area contributed by atoms with Crippen molar-refractivity contribution in [2.75, 3.05) is 26.2 Å². The van der Waals surface area contributed by atoms with Gasteiger partial charge in [0, 0.05) is 0 Å². The Labute approximate surface area is 103 Å². The maximum absolute atomic E-state index is 9.18. The molecule has 0 bridgehead atoms. The molecule has 1 aromatic carbocycles. The molecule has 0 atom stereocenters. The number of hydrogen-bond acceptors (Lipinski definition) is 3. The Bertz CT molecular complexity index is 317. The summed E-state index contributed by atoms with van der Waals surface area (Å²) >= 11 is 0. The zero-order chi connectivity index (χ0) is 11.9. The molecule has 0 saturated carbocycles. The standard InChI is InChI=1S/C14H22N2O/c17-14-3-1-12(2-4-14)5-10-16-11-13-6-8-15-9-7-13/h1-4,13,15-17H,5-11H2. The average molecular weight is 234 g/mol. The summed E-state index contributed by atoms with van der Waals surface area (Å²) in [5, 5.41) is 16.1. The quantitative estimate of drug-likeness (QED) is 0.677. The lowest BCUT2D eigenvalue weighted by atomic mass is 9.98. The van der Waals surface area contributed by atoms with E-state index >= 15 is 0 Å². The minimum Gasteiger partial charge on any atom is -0.508 e. The molecule has 0 unspecified atom stereocenters. The number of benzene rings is 1. The zero-order valence-electron chi connectivity index (χ0n) is 10.3. The molecule has 0 radical (unpaired) electrons. The number of rotatable bonds is 5. The first-order valence-electron chi connectivity index (χ1n) is 6.54. The fraction of sp³-hybridized carbons (Fsp3) is 0.571. The van der Waals surface area contributed by atoms with Crippen molar-refractivity contribution in [1.82, 2.24) is 10.6 Å². The van der Waals surface area contributed by atoms with Crippen LogP contribution in [0.4, 0.5) is 0 Å². The smallest absolute Gasteiger partial charge is 0.115 e. The van der Waals surface area contributed by atoms with Crippen LogP contribution in [0.1, 0.15) is 18.4 Å². The monoisotopic (exact) mass is 234 g/mol. The molecule has 1 fully saturated rings. The van der Waals surface area contributed by atoms with E-state index in [0.717, 1.165) is 25.4 Å². The van der Waals surface area contributed by atoms with Gasteiger partial charge in [0.15, 0.2) is 0 Å². The molecular formula is C14H22N2O. The summed E-state index contributed by atoms with van der Waals surface area (Å²) in [4.78, 5) is 0. The third-order valence-corrected chi connectivity index (χ3v) is 3.42. The van der Waals surface area contributed by atoms with Gasteiger partial charge in [0.05, 0.1) is 0 Å². The van der Waals surface area contributed by atoms with Gasteiger partial charge in [-0.1, -0.05) is 12.1 Å². The van der Waals surface area contributed by atoms with Gasteiger partial charge in [-0.25, -0.2) is 0 Å². The van der Waals surface area contributed by atoms with Crippen LogP contribution in [-0.4, -0.2) is 31.3 Å². The van der Waals surface area contributed by atoms with Gasteiger partial charge < -0.3 is 15.7 Å². The van der Waals surface area contributed by atoms with Gasteiger partial charge in [-0.15, -0.1) is 0 Å². The van der Waals surface area contributed by atoms with Crippen LogP contribution < -0.4 is 10.6 Å². The fourth-order valence-electron chi connectivity index (χ4n) is 2.29. The van der Waals surface area contributed by atoms with Gasteiger partial charge >= 0.3 is 0 Å². The van der Waals surface area contributed by atoms with E-state index in [0.29, 0.717) is 5.75 Å². The Morgan fingerprint density at radius 3 is 2.59 bits per heavy atom. The van der Waals surface area contributed by atoms with Gasteiger partial charge in [-0.3, -0.25) is 0 Å². The first-order valence-corrected chi connectivity index (χ1v) is 6.54. The molecule has 0 aromatic heterocycles. The third kappa shape index (κ3) is 4.36. The average Bonchev–Trinajstić information content (AvgIpc) is 2.38. The zero-order valence-corrected chi connectivity index (χ0v) is 10.3. The van der Waals surface area contributed by atoms with Gasteiger partial charge in [-0.2, -0.15) is 0 Å². The fourth-order valence-corrected chi connectivity index (χ4v) is 2.29. The van der Waals surface area contributed by atoms with E-state index in [-0.39, 0.29) is 0 Å². The van der Waals surface area contributed by atoms with Crippen LogP contribution in [-0.2, 0) is 6.42 Å². The molecule has 0 amide bonds. The van der Waals surface area contributed by atoms with Crippen LogP contribution in [0.25, 0.3) is 0 Å². The second-order valence-corrected chi connectivity index (χ2v) is 4.81. The van der Waals surface area contributed by atoms with Crippen molar-refractivity contribution < 1.29 is 5.11 Å².